The van der Waals surface area contributed by atoms with Crippen molar-refractivity contribution in [3.63, 3.8) is 0 Å². The highest BCUT2D eigenvalue weighted by Crippen LogP contribution is 2.34. The van der Waals surface area contributed by atoms with Gasteiger partial charge in [-0.1, -0.05) is 42.5 Å². The topological polar surface area (TPSA) is 46.1 Å². The van der Waals surface area contributed by atoms with Crippen molar-refractivity contribution < 1.29 is 4.79 Å². The molecule has 0 unspecified atom stereocenters. The molecule has 2 heterocycles. The van der Waals surface area contributed by atoms with Gasteiger partial charge in [0, 0.05) is 5.38 Å². The summed E-state index contributed by atoms with van der Waals surface area (Å²) in [5.74, 6) is -0.0244. The summed E-state index contributed by atoms with van der Waals surface area (Å²) in [6, 6.07) is 16.1. The number of hydrogen-bond acceptors (Lipinski definition) is 5. The van der Waals surface area contributed by atoms with E-state index < -0.39 is 0 Å². The Labute approximate surface area is 166 Å². The number of fused-ring (bicyclic) bond motifs is 1. The minimum atomic E-state index is -0.0244. The van der Waals surface area contributed by atoms with Gasteiger partial charge < -0.3 is 0 Å². The monoisotopic (exact) mass is 393 g/mol. The van der Waals surface area contributed by atoms with Gasteiger partial charge in [0.2, 0.25) is 5.91 Å². The number of anilines is 2. The molecule has 6 heteroatoms. The molecule has 0 aliphatic rings. The molecule has 27 heavy (non-hydrogen) atoms. The summed E-state index contributed by atoms with van der Waals surface area (Å²) < 4.78 is 1.07. The molecule has 2 aromatic heterocycles. The summed E-state index contributed by atoms with van der Waals surface area (Å²) in [7, 11) is 0. The number of carbonyl (C=O) groups is 1. The number of rotatable bonds is 5. The van der Waals surface area contributed by atoms with E-state index in [1.165, 1.54) is 16.9 Å². The van der Waals surface area contributed by atoms with Gasteiger partial charge in [0.1, 0.15) is 0 Å². The fourth-order valence-electron chi connectivity index (χ4n) is 2.92. The molecule has 0 spiro atoms. The average Bonchev–Trinajstić information content (AvgIpc) is 3.28. The fourth-order valence-corrected chi connectivity index (χ4v) is 4.54. The first-order chi connectivity index (χ1) is 13.1. The largest absolute Gasteiger partial charge is 0.274 e. The van der Waals surface area contributed by atoms with Gasteiger partial charge in [-0.25, -0.2) is 9.97 Å². The van der Waals surface area contributed by atoms with Crippen molar-refractivity contribution >= 4 is 49.6 Å². The molecule has 136 valence electrons. The average molecular weight is 394 g/mol. The molecular weight excluding hydrogens is 374 g/mol. The number of aromatic nitrogens is 2. The Morgan fingerprint density at radius 1 is 1.07 bits per heavy atom. The van der Waals surface area contributed by atoms with E-state index in [-0.39, 0.29) is 12.3 Å². The van der Waals surface area contributed by atoms with Crippen LogP contribution in [0.5, 0.6) is 0 Å². The third-order valence-corrected chi connectivity index (χ3v) is 6.17. The predicted molar refractivity (Wildman–Crippen MR) is 113 cm³/mol. The Kier molecular flexibility index (Phi) is 5.01. The fraction of sp³-hybridized carbons (Fsp3) is 0.190. The minimum Gasteiger partial charge on any atom is -0.274 e. The number of amides is 1. The normalized spacial score (nSPS) is 11.0. The second-order valence-electron chi connectivity index (χ2n) is 6.25. The molecule has 0 saturated heterocycles. The van der Waals surface area contributed by atoms with Crippen molar-refractivity contribution in [2.75, 3.05) is 4.90 Å². The number of thiazole rings is 2. The van der Waals surface area contributed by atoms with E-state index in [4.69, 9.17) is 4.98 Å². The van der Waals surface area contributed by atoms with Gasteiger partial charge in [-0.05, 0) is 43.2 Å². The zero-order valence-corrected chi connectivity index (χ0v) is 16.8. The molecule has 0 fully saturated rings. The standard InChI is InChI=1S/C21H19N3OS2/c1-3-15-8-10-17(11-9-15)24(20(25)12-16-13-26-14(2)22-16)21-23-18-6-4-5-7-19(18)27-21/h4-11,13H,3,12H2,1-2H3. The van der Waals surface area contributed by atoms with Crippen LogP contribution in [0.2, 0.25) is 0 Å². The van der Waals surface area contributed by atoms with Crippen LogP contribution >= 0.6 is 22.7 Å². The Balaban J connectivity index is 1.74. The quantitative estimate of drug-likeness (QED) is 0.448. The summed E-state index contributed by atoms with van der Waals surface area (Å²) in [5, 5.41) is 3.61. The van der Waals surface area contributed by atoms with Crippen molar-refractivity contribution in [3.05, 3.63) is 70.2 Å². The number of benzene rings is 2. The second-order valence-corrected chi connectivity index (χ2v) is 8.32. The number of hydrogen-bond donors (Lipinski definition) is 0. The highest BCUT2D eigenvalue weighted by Gasteiger charge is 2.22. The van der Waals surface area contributed by atoms with Crippen LogP contribution in [-0.4, -0.2) is 15.9 Å². The smallest absolute Gasteiger partial charge is 0.239 e. The van der Waals surface area contributed by atoms with Crippen LogP contribution in [0.25, 0.3) is 10.2 Å². The van der Waals surface area contributed by atoms with E-state index >= 15 is 0 Å². The van der Waals surface area contributed by atoms with Gasteiger partial charge in [0.25, 0.3) is 0 Å². The molecule has 0 aliphatic carbocycles. The van der Waals surface area contributed by atoms with Crippen molar-refractivity contribution in [2.45, 2.75) is 26.7 Å². The van der Waals surface area contributed by atoms with Crippen molar-refractivity contribution in [1.29, 1.82) is 0 Å². The number of carbonyl (C=O) groups excluding carboxylic acids is 1. The van der Waals surface area contributed by atoms with Crippen LogP contribution in [0.3, 0.4) is 0 Å². The van der Waals surface area contributed by atoms with Crippen molar-refractivity contribution in [2.24, 2.45) is 0 Å². The lowest BCUT2D eigenvalue weighted by molar-refractivity contribution is -0.117. The van der Waals surface area contributed by atoms with E-state index in [0.717, 1.165) is 33.0 Å². The first-order valence-corrected chi connectivity index (χ1v) is 10.5. The SMILES string of the molecule is CCc1ccc(N(C(=O)Cc2csc(C)n2)c2nc3ccccc3s2)cc1. The van der Waals surface area contributed by atoms with E-state index in [2.05, 4.69) is 24.0 Å². The first kappa shape index (κ1) is 17.8. The van der Waals surface area contributed by atoms with Gasteiger partial charge in [-0.15, -0.1) is 11.3 Å². The molecule has 0 aliphatic heterocycles. The van der Waals surface area contributed by atoms with Crippen LogP contribution in [0.1, 0.15) is 23.2 Å². The van der Waals surface area contributed by atoms with E-state index in [1.807, 2.05) is 48.7 Å². The maximum atomic E-state index is 13.2. The molecule has 0 radical (unpaired) electrons. The summed E-state index contributed by atoms with van der Waals surface area (Å²) in [5.41, 5.74) is 3.79. The zero-order valence-electron chi connectivity index (χ0n) is 15.2. The van der Waals surface area contributed by atoms with Crippen LogP contribution in [0.15, 0.2) is 53.9 Å². The minimum absolute atomic E-state index is 0.0244. The Morgan fingerprint density at radius 3 is 2.52 bits per heavy atom. The highest BCUT2D eigenvalue weighted by atomic mass is 32.1. The van der Waals surface area contributed by atoms with Crippen LogP contribution in [0.4, 0.5) is 10.8 Å². The summed E-state index contributed by atoms with van der Waals surface area (Å²) >= 11 is 3.09. The van der Waals surface area contributed by atoms with E-state index in [0.29, 0.717) is 5.13 Å². The molecule has 4 nitrogen and oxygen atoms in total. The Hall–Kier alpha value is -2.57. The maximum absolute atomic E-state index is 13.2. The van der Waals surface area contributed by atoms with Gasteiger partial charge in [-0.3, -0.25) is 9.69 Å². The predicted octanol–water partition coefficient (Wildman–Crippen LogP) is 5.53. The molecular formula is C21H19N3OS2. The Bertz CT molecular complexity index is 1050. The third-order valence-electron chi connectivity index (χ3n) is 4.32. The maximum Gasteiger partial charge on any atom is 0.239 e. The molecule has 0 N–H and O–H groups in total. The number of nitrogens with zero attached hydrogens (tertiary/aromatic N) is 3. The van der Waals surface area contributed by atoms with E-state index in [1.54, 1.807) is 16.2 Å². The van der Waals surface area contributed by atoms with Crippen molar-refractivity contribution in [1.82, 2.24) is 9.97 Å². The van der Waals surface area contributed by atoms with Gasteiger partial charge in [-0.2, -0.15) is 0 Å². The first-order valence-electron chi connectivity index (χ1n) is 8.82. The lowest BCUT2D eigenvalue weighted by Gasteiger charge is -2.20. The van der Waals surface area contributed by atoms with Crippen LogP contribution in [0, 0.1) is 6.92 Å². The summed E-state index contributed by atoms with van der Waals surface area (Å²) in [6.45, 7) is 4.07. The third kappa shape index (κ3) is 3.77. The molecule has 0 saturated carbocycles. The van der Waals surface area contributed by atoms with Gasteiger partial charge in [0.15, 0.2) is 5.13 Å². The van der Waals surface area contributed by atoms with Crippen LogP contribution in [-0.2, 0) is 17.6 Å². The number of aryl methyl sites for hydroxylation is 2. The molecule has 4 rings (SSSR count). The lowest BCUT2D eigenvalue weighted by Crippen LogP contribution is -2.27. The number of para-hydroxylation sites is 1. The van der Waals surface area contributed by atoms with Crippen LogP contribution < -0.4 is 4.90 Å². The molecule has 1 amide bonds. The van der Waals surface area contributed by atoms with Crippen molar-refractivity contribution in [3.8, 4) is 0 Å². The Morgan fingerprint density at radius 2 is 1.85 bits per heavy atom. The van der Waals surface area contributed by atoms with Gasteiger partial charge in [0.05, 0.1) is 33.0 Å². The summed E-state index contributed by atoms with van der Waals surface area (Å²) in [4.78, 5) is 24.1. The second kappa shape index (κ2) is 7.58. The molecule has 2 aromatic carbocycles. The molecule has 0 atom stereocenters. The highest BCUT2D eigenvalue weighted by molar-refractivity contribution is 7.22. The lowest BCUT2D eigenvalue weighted by atomic mass is 10.1. The zero-order chi connectivity index (χ0) is 18.8. The molecule has 4 aromatic rings. The van der Waals surface area contributed by atoms with E-state index in [9.17, 15) is 4.79 Å². The van der Waals surface area contributed by atoms with Gasteiger partial charge >= 0.3 is 0 Å². The summed E-state index contributed by atoms with van der Waals surface area (Å²) in [6.07, 6.45) is 1.23. The molecule has 0 bridgehead atoms.